The minimum Gasteiger partial charge on any atom is -0.505 e. The van der Waals surface area contributed by atoms with Crippen molar-refractivity contribution in [3.05, 3.63) is 65.2 Å². The van der Waals surface area contributed by atoms with Gasteiger partial charge in [0.2, 0.25) is 0 Å². The van der Waals surface area contributed by atoms with Gasteiger partial charge in [-0.1, -0.05) is 12.1 Å². The lowest BCUT2D eigenvalue weighted by Gasteiger charge is -2.24. The summed E-state index contributed by atoms with van der Waals surface area (Å²) < 4.78 is 5.06. The topological polar surface area (TPSA) is 78.9 Å². The van der Waals surface area contributed by atoms with Gasteiger partial charge < -0.3 is 9.84 Å². The predicted molar refractivity (Wildman–Crippen MR) is 85.7 cm³/mol. The SMILES string of the molecule is COc1ccc(/C=C/C(=O)NN2C=CC(=C=O)C(O)=C2C)cc1. The normalized spacial score (nSPS) is 14.2. The largest absolute Gasteiger partial charge is 0.505 e. The second-order valence-corrected chi connectivity index (χ2v) is 4.72. The molecule has 0 spiro atoms. The third kappa shape index (κ3) is 3.90. The summed E-state index contributed by atoms with van der Waals surface area (Å²) in [4.78, 5) is 22.5. The fraction of sp³-hybridized carbons (Fsp3) is 0.118. The Balaban J connectivity index is 2.02. The van der Waals surface area contributed by atoms with Crippen molar-refractivity contribution in [1.82, 2.24) is 10.4 Å². The Labute approximate surface area is 133 Å². The van der Waals surface area contributed by atoms with Crippen LogP contribution in [0.5, 0.6) is 5.75 Å². The van der Waals surface area contributed by atoms with E-state index in [1.165, 1.54) is 23.4 Å². The molecule has 1 amide bonds. The smallest absolute Gasteiger partial charge is 0.262 e. The number of benzene rings is 1. The molecule has 0 saturated heterocycles. The van der Waals surface area contributed by atoms with Gasteiger partial charge >= 0.3 is 0 Å². The summed E-state index contributed by atoms with van der Waals surface area (Å²) in [5, 5.41) is 11.1. The summed E-state index contributed by atoms with van der Waals surface area (Å²) in [7, 11) is 1.58. The first-order valence-corrected chi connectivity index (χ1v) is 6.80. The average Bonchev–Trinajstić information content (AvgIpc) is 2.58. The Hall–Kier alpha value is -3.24. The molecule has 0 aromatic heterocycles. The quantitative estimate of drug-likeness (QED) is 0.657. The minimum atomic E-state index is -0.379. The summed E-state index contributed by atoms with van der Waals surface area (Å²) in [6, 6.07) is 7.23. The van der Waals surface area contributed by atoms with Crippen LogP contribution in [0, 0.1) is 0 Å². The fourth-order valence-corrected chi connectivity index (χ4v) is 1.90. The first kappa shape index (κ1) is 16.1. The Morgan fingerprint density at radius 3 is 2.65 bits per heavy atom. The number of carbonyl (C=O) groups is 1. The van der Waals surface area contributed by atoms with Gasteiger partial charge in [0.25, 0.3) is 5.91 Å². The van der Waals surface area contributed by atoms with Crippen molar-refractivity contribution in [3.63, 3.8) is 0 Å². The molecule has 1 aliphatic heterocycles. The van der Waals surface area contributed by atoms with Crippen LogP contribution in [-0.4, -0.2) is 29.1 Å². The Morgan fingerprint density at radius 2 is 2.04 bits per heavy atom. The van der Waals surface area contributed by atoms with Gasteiger partial charge in [-0.15, -0.1) is 0 Å². The summed E-state index contributed by atoms with van der Waals surface area (Å²) in [5.41, 5.74) is 3.79. The lowest BCUT2D eigenvalue weighted by molar-refractivity contribution is -0.119. The molecule has 0 atom stereocenters. The first-order chi connectivity index (χ1) is 11.0. The van der Waals surface area contributed by atoms with E-state index in [4.69, 9.17) is 4.74 Å². The Bertz CT molecular complexity index is 738. The number of allylic oxidation sites excluding steroid dienone is 2. The maximum atomic E-state index is 11.9. The molecular formula is C17H16N2O4. The van der Waals surface area contributed by atoms with Crippen LogP contribution in [0.2, 0.25) is 0 Å². The molecule has 0 bridgehead atoms. The molecule has 0 unspecified atom stereocenters. The van der Waals surface area contributed by atoms with Gasteiger partial charge in [0.05, 0.1) is 12.8 Å². The van der Waals surface area contributed by atoms with E-state index >= 15 is 0 Å². The molecule has 6 nitrogen and oxygen atoms in total. The van der Waals surface area contributed by atoms with Crippen molar-refractivity contribution in [2.45, 2.75) is 6.92 Å². The number of carbonyl (C=O) groups excluding carboxylic acids is 2. The summed E-state index contributed by atoms with van der Waals surface area (Å²) in [6.45, 7) is 1.57. The first-order valence-electron chi connectivity index (χ1n) is 6.80. The van der Waals surface area contributed by atoms with Crippen molar-refractivity contribution < 1.29 is 19.4 Å². The Kier molecular flexibility index (Phi) is 5.02. The number of ether oxygens (including phenoxy) is 1. The van der Waals surface area contributed by atoms with E-state index in [1.54, 1.807) is 38.2 Å². The monoisotopic (exact) mass is 312 g/mol. The highest BCUT2D eigenvalue weighted by atomic mass is 16.5. The third-order valence-electron chi connectivity index (χ3n) is 3.23. The molecule has 0 saturated carbocycles. The van der Waals surface area contributed by atoms with Gasteiger partial charge in [-0.05, 0) is 36.8 Å². The van der Waals surface area contributed by atoms with Gasteiger partial charge in [-0.25, -0.2) is 4.79 Å². The standard InChI is InChI=1S/C17H16N2O4/c1-12-17(22)14(11-20)9-10-19(12)18-16(21)8-5-13-3-6-15(23-2)7-4-13/h3-10,22H,1-2H3,(H,18,21)/b8-5+. The number of nitrogens with zero attached hydrogens (tertiary/aromatic N) is 1. The van der Waals surface area contributed by atoms with Crippen molar-refractivity contribution in [1.29, 1.82) is 0 Å². The highest BCUT2D eigenvalue weighted by Crippen LogP contribution is 2.19. The van der Waals surface area contributed by atoms with E-state index < -0.39 is 0 Å². The van der Waals surface area contributed by atoms with Gasteiger partial charge in [-0.2, -0.15) is 0 Å². The zero-order chi connectivity index (χ0) is 16.8. The van der Waals surface area contributed by atoms with Crippen LogP contribution in [-0.2, 0) is 9.59 Å². The number of methoxy groups -OCH3 is 1. The van der Waals surface area contributed by atoms with Gasteiger partial charge in [-0.3, -0.25) is 15.2 Å². The maximum Gasteiger partial charge on any atom is 0.262 e. The van der Waals surface area contributed by atoms with Crippen LogP contribution >= 0.6 is 0 Å². The molecular weight excluding hydrogens is 296 g/mol. The number of aliphatic hydroxyl groups is 1. The summed E-state index contributed by atoms with van der Waals surface area (Å²) >= 11 is 0. The number of hydrazine groups is 1. The average molecular weight is 312 g/mol. The second kappa shape index (κ2) is 7.15. The fourth-order valence-electron chi connectivity index (χ4n) is 1.90. The molecule has 1 heterocycles. The van der Waals surface area contributed by atoms with E-state index in [1.807, 2.05) is 12.1 Å². The highest BCUT2D eigenvalue weighted by Gasteiger charge is 2.17. The van der Waals surface area contributed by atoms with Crippen molar-refractivity contribution in [3.8, 4) is 5.75 Å². The van der Waals surface area contributed by atoms with Gasteiger partial charge in [0, 0.05) is 12.3 Å². The molecule has 0 aliphatic carbocycles. The second-order valence-electron chi connectivity index (χ2n) is 4.72. The molecule has 2 N–H and O–H groups in total. The molecule has 1 aromatic carbocycles. The number of nitrogens with one attached hydrogen (secondary N) is 1. The third-order valence-corrected chi connectivity index (χ3v) is 3.23. The number of aliphatic hydroxyl groups excluding tert-OH is 1. The summed E-state index contributed by atoms with van der Waals surface area (Å²) in [5.74, 6) is 1.76. The van der Waals surface area contributed by atoms with Gasteiger partial charge in [0.15, 0.2) is 5.76 Å². The molecule has 23 heavy (non-hydrogen) atoms. The highest BCUT2D eigenvalue weighted by molar-refractivity contribution is 5.91. The molecule has 6 heteroatoms. The molecule has 1 aromatic rings. The van der Waals surface area contributed by atoms with Crippen LogP contribution < -0.4 is 10.2 Å². The van der Waals surface area contributed by atoms with E-state index in [2.05, 4.69) is 5.43 Å². The Morgan fingerprint density at radius 1 is 1.35 bits per heavy atom. The van der Waals surface area contributed by atoms with Crippen molar-refractivity contribution >= 4 is 17.9 Å². The zero-order valence-electron chi connectivity index (χ0n) is 12.7. The number of hydrogen-bond donors (Lipinski definition) is 2. The van der Waals surface area contributed by atoms with E-state index in [-0.39, 0.29) is 17.2 Å². The lowest BCUT2D eigenvalue weighted by atomic mass is 10.1. The van der Waals surface area contributed by atoms with Crippen LogP contribution in [0.25, 0.3) is 6.08 Å². The minimum absolute atomic E-state index is 0.0433. The molecule has 0 radical (unpaired) electrons. The van der Waals surface area contributed by atoms with Crippen LogP contribution in [0.1, 0.15) is 12.5 Å². The molecule has 1 aliphatic rings. The zero-order valence-corrected chi connectivity index (χ0v) is 12.7. The molecule has 0 fully saturated rings. The molecule has 118 valence electrons. The molecule has 2 rings (SSSR count). The lowest BCUT2D eigenvalue weighted by Crippen LogP contribution is -2.38. The van der Waals surface area contributed by atoms with Crippen LogP contribution in [0.4, 0.5) is 0 Å². The van der Waals surface area contributed by atoms with Crippen LogP contribution in [0.3, 0.4) is 0 Å². The van der Waals surface area contributed by atoms with Gasteiger partial charge in [0.1, 0.15) is 17.3 Å². The van der Waals surface area contributed by atoms with Crippen molar-refractivity contribution in [2.75, 3.05) is 7.11 Å². The van der Waals surface area contributed by atoms with E-state index in [0.717, 1.165) is 11.3 Å². The van der Waals surface area contributed by atoms with Crippen LogP contribution in [0.15, 0.2) is 59.6 Å². The number of rotatable bonds is 4. The van der Waals surface area contributed by atoms with E-state index in [9.17, 15) is 14.7 Å². The summed E-state index contributed by atoms with van der Waals surface area (Å²) in [6.07, 6.45) is 5.85. The maximum absolute atomic E-state index is 11.9. The van der Waals surface area contributed by atoms with E-state index in [0.29, 0.717) is 5.70 Å². The predicted octanol–water partition coefficient (Wildman–Crippen LogP) is 2.12. The number of hydrogen-bond acceptors (Lipinski definition) is 5. The van der Waals surface area contributed by atoms with Crippen molar-refractivity contribution in [2.24, 2.45) is 0 Å². The number of amides is 1.